The molecule has 1 heterocycles. The van der Waals surface area contributed by atoms with Crippen LogP contribution in [0.5, 0.6) is 0 Å². The minimum atomic E-state index is -0.671. The fraction of sp³-hybridized carbons (Fsp3) is 0.588. The highest BCUT2D eigenvalue weighted by Crippen LogP contribution is 2.21. The van der Waals surface area contributed by atoms with E-state index in [2.05, 4.69) is 43.0 Å². The fourth-order valence-electron chi connectivity index (χ4n) is 2.98. The van der Waals surface area contributed by atoms with Crippen LogP contribution in [0.15, 0.2) is 24.3 Å². The summed E-state index contributed by atoms with van der Waals surface area (Å²) in [5.74, 6) is 0.346. The molecule has 1 fully saturated rings. The second-order valence-corrected chi connectivity index (χ2v) is 6.40. The van der Waals surface area contributed by atoms with Crippen LogP contribution in [0.4, 0.5) is 0 Å². The van der Waals surface area contributed by atoms with Gasteiger partial charge in [0, 0.05) is 19.5 Å². The van der Waals surface area contributed by atoms with Crippen molar-refractivity contribution in [1.29, 1.82) is 0 Å². The monoisotopic (exact) mass is 275 g/mol. The molecule has 20 heavy (non-hydrogen) atoms. The van der Waals surface area contributed by atoms with Crippen LogP contribution < -0.4 is 0 Å². The zero-order chi connectivity index (χ0) is 14.5. The molecule has 0 amide bonds. The maximum atomic E-state index is 10.7. The average molecular weight is 275 g/mol. The molecule has 0 saturated carbocycles. The van der Waals surface area contributed by atoms with Crippen LogP contribution >= 0.6 is 0 Å². The van der Waals surface area contributed by atoms with Crippen molar-refractivity contribution in [1.82, 2.24) is 4.90 Å². The Bertz CT molecular complexity index is 439. The highest BCUT2D eigenvalue weighted by molar-refractivity contribution is 5.67. The number of carbonyl (C=O) groups is 1. The van der Waals surface area contributed by atoms with Gasteiger partial charge < -0.3 is 5.11 Å². The van der Waals surface area contributed by atoms with Crippen molar-refractivity contribution in [3.8, 4) is 0 Å². The molecule has 0 aliphatic carbocycles. The van der Waals surface area contributed by atoms with Crippen LogP contribution in [0, 0.1) is 11.8 Å². The third-order valence-corrected chi connectivity index (χ3v) is 3.91. The van der Waals surface area contributed by atoms with Gasteiger partial charge in [-0.15, -0.1) is 0 Å². The molecule has 0 spiro atoms. The van der Waals surface area contributed by atoms with Gasteiger partial charge in [0.15, 0.2) is 0 Å². The molecule has 1 aliphatic heterocycles. The van der Waals surface area contributed by atoms with Gasteiger partial charge in [0.2, 0.25) is 0 Å². The van der Waals surface area contributed by atoms with E-state index in [9.17, 15) is 4.79 Å². The Kier molecular flexibility index (Phi) is 5.18. The number of aliphatic carboxylic acids is 1. The van der Waals surface area contributed by atoms with Crippen molar-refractivity contribution >= 4 is 5.97 Å². The van der Waals surface area contributed by atoms with Crippen molar-refractivity contribution in [3.63, 3.8) is 0 Å². The lowest BCUT2D eigenvalue weighted by Gasteiger charge is -2.16. The number of hydrogen-bond donors (Lipinski definition) is 1. The SMILES string of the molecule is CC(C)Cc1ccc(CN2CCC(CC(=O)O)C2)cc1. The molecule has 1 aliphatic rings. The second kappa shape index (κ2) is 6.89. The fourth-order valence-corrected chi connectivity index (χ4v) is 2.98. The van der Waals surface area contributed by atoms with E-state index in [4.69, 9.17) is 5.11 Å². The predicted octanol–water partition coefficient (Wildman–Crippen LogP) is 3.18. The van der Waals surface area contributed by atoms with Gasteiger partial charge in [0.05, 0.1) is 0 Å². The normalized spacial score (nSPS) is 19.6. The summed E-state index contributed by atoms with van der Waals surface area (Å²) in [7, 11) is 0. The number of rotatable bonds is 6. The lowest BCUT2D eigenvalue weighted by molar-refractivity contribution is -0.138. The van der Waals surface area contributed by atoms with Crippen LogP contribution in [0.25, 0.3) is 0 Å². The third kappa shape index (κ3) is 4.64. The molecule has 1 unspecified atom stereocenters. The molecule has 0 radical (unpaired) electrons. The molecular formula is C17H25NO2. The molecule has 110 valence electrons. The molecule has 3 nitrogen and oxygen atoms in total. The maximum Gasteiger partial charge on any atom is 0.303 e. The van der Waals surface area contributed by atoms with Gasteiger partial charge in [-0.05, 0) is 42.3 Å². The van der Waals surface area contributed by atoms with Crippen LogP contribution in [-0.4, -0.2) is 29.1 Å². The quantitative estimate of drug-likeness (QED) is 0.867. The Hall–Kier alpha value is -1.35. The van der Waals surface area contributed by atoms with E-state index in [-0.39, 0.29) is 0 Å². The molecule has 0 bridgehead atoms. The van der Waals surface area contributed by atoms with Crippen molar-refractivity contribution in [2.24, 2.45) is 11.8 Å². The first-order chi connectivity index (χ1) is 9.52. The first kappa shape index (κ1) is 15.0. The molecule has 1 aromatic rings. The van der Waals surface area contributed by atoms with Gasteiger partial charge in [-0.25, -0.2) is 0 Å². The summed E-state index contributed by atoms with van der Waals surface area (Å²) in [6.45, 7) is 7.35. The van der Waals surface area contributed by atoms with Crippen molar-refractivity contribution in [2.45, 2.75) is 39.7 Å². The Balaban J connectivity index is 1.83. The Labute approximate surface area is 121 Å². The lowest BCUT2D eigenvalue weighted by atomic mass is 10.0. The summed E-state index contributed by atoms with van der Waals surface area (Å²) >= 11 is 0. The molecule has 1 N–H and O–H groups in total. The summed E-state index contributed by atoms with van der Waals surface area (Å²) in [6, 6.07) is 8.87. The van der Waals surface area contributed by atoms with Crippen LogP contribution in [0.1, 0.15) is 37.8 Å². The first-order valence-corrected chi connectivity index (χ1v) is 7.55. The van der Waals surface area contributed by atoms with Gasteiger partial charge >= 0.3 is 5.97 Å². The summed E-state index contributed by atoms with van der Waals surface area (Å²) < 4.78 is 0. The van der Waals surface area contributed by atoms with E-state index >= 15 is 0 Å². The predicted molar refractivity (Wildman–Crippen MR) is 80.6 cm³/mol. The summed E-state index contributed by atoms with van der Waals surface area (Å²) in [5, 5.41) is 8.83. The smallest absolute Gasteiger partial charge is 0.303 e. The molecular weight excluding hydrogens is 250 g/mol. The van der Waals surface area contributed by atoms with Gasteiger partial charge in [0.1, 0.15) is 0 Å². The number of hydrogen-bond acceptors (Lipinski definition) is 2. The molecule has 1 atom stereocenters. The molecule has 1 aromatic carbocycles. The molecule has 2 rings (SSSR count). The average Bonchev–Trinajstić information content (AvgIpc) is 2.77. The van der Waals surface area contributed by atoms with E-state index in [0.29, 0.717) is 18.3 Å². The highest BCUT2D eigenvalue weighted by atomic mass is 16.4. The van der Waals surface area contributed by atoms with Crippen molar-refractivity contribution in [2.75, 3.05) is 13.1 Å². The summed E-state index contributed by atoms with van der Waals surface area (Å²) in [6.07, 6.45) is 2.45. The number of carboxylic acids is 1. The largest absolute Gasteiger partial charge is 0.481 e. The van der Waals surface area contributed by atoms with Crippen molar-refractivity contribution in [3.05, 3.63) is 35.4 Å². The minimum absolute atomic E-state index is 0.309. The topological polar surface area (TPSA) is 40.5 Å². The first-order valence-electron chi connectivity index (χ1n) is 7.55. The van der Waals surface area contributed by atoms with E-state index in [1.54, 1.807) is 0 Å². The van der Waals surface area contributed by atoms with Gasteiger partial charge in [-0.3, -0.25) is 9.69 Å². The zero-order valence-corrected chi connectivity index (χ0v) is 12.5. The van der Waals surface area contributed by atoms with E-state index in [0.717, 1.165) is 32.5 Å². The van der Waals surface area contributed by atoms with Gasteiger partial charge in [0.25, 0.3) is 0 Å². The Morgan fingerprint density at radius 2 is 1.95 bits per heavy atom. The second-order valence-electron chi connectivity index (χ2n) is 6.40. The highest BCUT2D eigenvalue weighted by Gasteiger charge is 2.24. The maximum absolute atomic E-state index is 10.7. The lowest BCUT2D eigenvalue weighted by Crippen LogP contribution is -2.20. The van der Waals surface area contributed by atoms with Gasteiger partial charge in [-0.1, -0.05) is 38.1 Å². The number of benzene rings is 1. The number of nitrogens with zero attached hydrogens (tertiary/aromatic N) is 1. The molecule has 3 heteroatoms. The molecule has 0 aromatic heterocycles. The minimum Gasteiger partial charge on any atom is -0.481 e. The van der Waals surface area contributed by atoms with E-state index in [1.165, 1.54) is 11.1 Å². The number of likely N-dealkylation sites (tertiary alicyclic amines) is 1. The Morgan fingerprint density at radius 1 is 1.30 bits per heavy atom. The van der Waals surface area contributed by atoms with Gasteiger partial charge in [-0.2, -0.15) is 0 Å². The van der Waals surface area contributed by atoms with Crippen molar-refractivity contribution < 1.29 is 9.90 Å². The van der Waals surface area contributed by atoms with Crippen LogP contribution in [-0.2, 0) is 17.8 Å². The third-order valence-electron chi connectivity index (χ3n) is 3.91. The Morgan fingerprint density at radius 3 is 2.55 bits per heavy atom. The molecule has 1 saturated heterocycles. The van der Waals surface area contributed by atoms with E-state index in [1.807, 2.05) is 0 Å². The zero-order valence-electron chi connectivity index (χ0n) is 12.5. The number of carboxylic acid groups (broad SMARTS) is 1. The summed E-state index contributed by atoms with van der Waals surface area (Å²) in [5.41, 5.74) is 2.72. The van der Waals surface area contributed by atoms with Crippen LogP contribution in [0.3, 0.4) is 0 Å². The van der Waals surface area contributed by atoms with E-state index < -0.39 is 5.97 Å². The van der Waals surface area contributed by atoms with Crippen LogP contribution in [0.2, 0.25) is 0 Å². The standard InChI is InChI=1S/C17H25NO2/c1-13(2)9-14-3-5-15(6-4-14)11-18-8-7-16(12-18)10-17(19)20/h3-6,13,16H,7-12H2,1-2H3,(H,19,20). The summed E-state index contributed by atoms with van der Waals surface area (Å²) in [4.78, 5) is 13.1.